The number of ketones is 1. The Bertz CT molecular complexity index is 325. The lowest BCUT2D eigenvalue weighted by Crippen LogP contribution is -2.38. The van der Waals surface area contributed by atoms with E-state index >= 15 is 0 Å². The molecule has 1 aromatic carbocycles. The number of hydrogen-bond acceptors (Lipinski definition) is 2. The summed E-state index contributed by atoms with van der Waals surface area (Å²) in [5.41, 5.74) is 1.20. The monoisotopic (exact) mass is 251 g/mol. The van der Waals surface area contributed by atoms with E-state index in [2.05, 4.69) is 31.3 Å². The summed E-state index contributed by atoms with van der Waals surface area (Å²) in [6, 6.07) is 10.0. The summed E-state index contributed by atoms with van der Waals surface area (Å²) in [5.74, 6) is 0.368. The van der Waals surface area contributed by atoms with Gasteiger partial charge in [-0.25, -0.2) is 0 Å². The predicted octanol–water partition coefficient (Wildman–Crippen LogP) is 3.70. The van der Waals surface area contributed by atoms with Gasteiger partial charge in [0.25, 0.3) is 0 Å². The Morgan fingerprint density at radius 1 is 1.22 bits per heavy atom. The second-order valence-corrected chi connectivity index (χ2v) is 4.80. The number of hydrogen-bond donors (Lipinski definition) is 1. The fourth-order valence-corrected chi connectivity index (χ4v) is 1.60. The van der Waals surface area contributed by atoms with Crippen LogP contribution in [0.1, 0.15) is 41.1 Å². The van der Waals surface area contributed by atoms with Gasteiger partial charge in [0.05, 0.1) is 6.04 Å². The summed E-state index contributed by atoms with van der Waals surface area (Å²) in [4.78, 5) is 11.8. The zero-order valence-electron chi connectivity index (χ0n) is 12.4. The molecule has 0 aliphatic carbocycles. The van der Waals surface area contributed by atoms with Crippen LogP contribution >= 0.6 is 0 Å². The highest BCUT2D eigenvalue weighted by Gasteiger charge is 2.19. The summed E-state index contributed by atoms with van der Waals surface area (Å²) in [6.45, 7) is 8.13. The lowest BCUT2D eigenvalue weighted by Gasteiger charge is -2.17. The van der Waals surface area contributed by atoms with E-state index in [1.54, 1.807) is 0 Å². The highest BCUT2D eigenvalue weighted by molar-refractivity contribution is 5.85. The first-order valence-electron chi connectivity index (χ1n) is 6.81. The van der Waals surface area contributed by atoms with Crippen LogP contribution in [0.15, 0.2) is 30.3 Å². The largest absolute Gasteiger partial charge is 0.310 e. The topological polar surface area (TPSA) is 29.1 Å². The summed E-state index contributed by atoms with van der Waals surface area (Å²) in [6.07, 6.45) is 2.02. The average Bonchev–Trinajstić information content (AvgIpc) is 2.37. The Kier molecular flexibility index (Phi) is 9.21. The lowest BCUT2D eigenvalue weighted by molar-refractivity contribution is -0.123. The molecule has 2 nitrogen and oxygen atoms in total. The first kappa shape index (κ1) is 16.9. The van der Waals surface area contributed by atoms with Crippen molar-refractivity contribution in [2.24, 2.45) is 5.92 Å². The van der Waals surface area contributed by atoms with Crippen molar-refractivity contribution in [3.63, 3.8) is 0 Å². The highest BCUT2D eigenvalue weighted by Crippen LogP contribution is 2.07. The molecule has 1 unspecified atom stereocenters. The van der Waals surface area contributed by atoms with Gasteiger partial charge < -0.3 is 5.32 Å². The van der Waals surface area contributed by atoms with E-state index in [-0.39, 0.29) is 19.2 Å². The number of carbonyl (C=O) groups is 1. The van der Waals surface area contributed by atoms with Gasteiger partial charge >= 0.3 is 0 Å². The maximum Gasteiger partial charge on any atom is 0.152 e. The molecule has 0 aliphatic heterocycles. The molecule has 1 rings (SSSR count). The SMILES string of the molecule is CCC.CNC(Cc1ccccc1)C(=O)C(C)C.[HH]. The van der Waals surface area contributed by atoms with E-state index in [0.717, 1.165) is 6.42 Å². The van der Waals surface area contributed by atoms with Crippen molar-refractivity contribution in [2.45, 2.75) is 46.6 Å². The van der Waals surface area contributed by atoms with E-state index in [1.807, 2.05) is 39.1 Å². The molecule has 0 saturated carbocycles. The predicted molar refractivity (Wildman–Crippen MR) is 80.9 cm³/mol. The van der Waals surface area contributed by atoms with Gasteiger partial charge in [0, 0.05) is 7.34 Å². The van der Waals surface area contributed by atoms with Crippen LogP contribution in [0.25, 0.3) is 0 Å². The van der Waals surface area contributed by atoms with Crippen LogP contribution in [0.4, 0.5) is 0 Å². The van der Waals surface area contributed by atoms with Gasteiger partial charge in [-0.2, -0.15) is 0 Å². The second kappa shape index (κ2) is 9.84. The number of Topliss-reactive ketones (excluding diaryl/α,β-unsaturated/α-hetero) is 1. The van der Waals surface area contributed by atoms with Crippen molar-refractivity contribution in [1.82, 2.24) is 5.32 Å². The van der Waals surface area contributed by atoms with E-state index in [0.29, 0.717) is 0 Å². The summed E-state index contributed by atoms with van der Waals surface area (Å²) >= 11 is 0. The Hall–Kier alpha value is -1.15. The normalized spacial score (nSPS) is 11.7. The lowest BCUT2D eigenvalue weighted by atomic mass is 9.96. The van der Waals surface area contributed by atoms with Crippen LogP contribution in [-0.2, 0) is 11.2 Å². The molecule has 0 radical (unpaired) electrons. The fraction of sp³-hybridized carbons (Fsp3) is 0.562. The minimum atomic E-state index is -0.0626. The number of benzene rings is 1. The molecule has 0 bridgehead atoms. The second-order valence-electron chi connectivity index (χ2n) is 4.80. The first-order valence-corrected chi connectivity index (χ1v) is 6.81. The van der Waals surface area contributed by atoms with Crippen LogP contribution in [0, 0.1) is 5.92 Å². The molecule has 0 aliphatic rings. The van der Waals surface area contributed by atoms with E-state index in [9.17, 15) is 4.79 Å². The minimum Gasteiger partial charge on any atom is -0.310 e. The molecule has 0 saturated heterocycles. The molecule has 1 aromatic rings. The molecular formula is C16H29NO. The van der Waals surface area contributed by atoms with Gasteiger partial charge in [0.2, 0.25) is 0 Å². The Balaban J connectivity index is 0. The smallest absolute Gasteiger partial charge is 0.152 e. The number of likely N-dealkylation sites (N-methyl/N-ethyl adjacent to an activating group) is 1. The summed E-state index contributed by atoms with van der Waals surface area (Å²) in [7, 11) is 1.84. The molecule has 0 heterocycles. The van der Waals surface area contributed by atoms with Crippen molar-refractivity contribution < 1.29 is 6.22 Å². The summed E-state index contributed by atoms with van der Waals surface area (Å²) < 4.78 is 0. The van der Waals surface area contributed by atoms with Gasteiger partial charge in [0.1, 0.15) is 0 Å². The third-order valence-corrected chi connectivity index (χ3v) is 2.54. The molecule has 0 spiro atoms. The van der Waals surface area contributed by atoms with Crippen LogP contribution < -0.4 is 5.32 Å². The van der Waals surface area contributed by atoms with Crippen LogP contribution in [0.3, 0.4) is 0 Å². The molecule has 0 aromatic heterocycles. The standard InChI is InChI=1S/C13H19NO.C3H8.H2/c1-10(2)13(15)12(14-3)9-11-7-5-4-6-8-11;1-3-2;/h4-8,10,12,14H,9H2,1-3H3;3H2,1-2H3;1H. The quantitative estimate of drug-likeness (QED) is 0.864. The average molecular weight is 251 g/mol. The van der Waals surface area contributed by atoms with Gasteiger partial charge in [-0.05, 0) is 19.0 Å². The summed E-state index contributed by atoms with van der Waals surface area (Å²) in [5, 5.41) is 3.08. The fourth-order valence-electron chi connectivity index (χ4n) is 1.60. The zero-order chi connectivity index (χ0) is 14.0. The first-order chi connectivity index (χ1) is 8.56. The van der Waals surface area contributed by atoms with Crippen molar-refractivity contribution >= 4 is 5.78 Å². The van der Waals surface area contributed by atoms with Crippen molar-refractivity contribution in [3.05, 3.63) is 35.9 Å². The van der Waals surface area contributed by atoms with Gasteiger partial charge in [-0.15, -0.1) is 0 Å². The van der Waals surface area contributed by atoms with Crippen molar-refractivity contribution in [2.75, 3.05) is 7.05 Å². The molecular weight excluding hydrogens is 222 g/mol. The maximum atomic E-state index is 11.8. The van der Waals surface area contributed by atoms with E-state index in [4.69, 9.17) is 0 Å². The van der Waals surface area contributed by atoms with Gasteiger partial charge in [-0.1, -0.05) is 64.4 Å². The number of nitrogens with one attached hydrogen (secondary N) is 1. The van der Waals surface area contributed by atoms with Gasteiger partial charge in [0.15, 0.2) is 5.78 Å². The number of carbonyl (C=O) groups excluding carboxylic acids is 1. The van der Waals surface area contributed by atoms with Crippen molar-refractivity contribution in [1.29, 1.82) is 0 Å². The van der Waals surface area contributed by atoms with E-state index < -0.39 is 0 Å². The van der Waals surface area contributed by atoms with Crippen LogP contribution in [-0.4, -0.2) is 18.9 Å². The molecule has 1 atom stereocenters. The zero-order valence-corrected chi connectivity index (χ0v) is 12.4. The van der Waals surface area contributed by atoms with Gasteiger partial charge in [-0.3, -0.25) is 4.79 Å². The molecule has 18 heavy (non-hydrogen) atoms. The van der Waals surface area contributed by atoms with Crippen molar-refractivity contribution in [3.8, 4) is 0 Å². The maximum absolute atomic E-state index is 11.8. The van der Waals surface area contributed by atoms with Crippen LogP contribution in [0.5, 0.6) is 0 Å². The Labute approximate surface area is 113 Å². The molecule has 2 heteroatoms. The molecule has 0 fully saturated rings. The molecule has 104 valence electrons. The molecule has 1 N–H and O–H groups in total. The Morgan fingerprint density at radius 2 is 1.72 bits per heavy atom. The third kappa shape index (κ3) is 6.55. The van der Waals surface area contributed by atoms with E-state index in [1.165, 1.54) is 12.0 Å². The molecule has 0 amide bonds. The minimum absolute atomic E-state index is 0. The number of rotatable bonds is 5. The van der Waals surface area contributed by atoms with Crippen LogP contribution in [0.2, 0.25) is 0 Å². The Morgan fingerprint density at radius 3 is 2.11 bits per heavy atom. The third-order valence-electron chi connectivity index (χ3n) is 2.54. The highest BCUT2D eigenvalue weighted by atomic mass is 16.1.